The molecule has 0 aliphatic carbocycles. The summed E-state index contributed by atoms with van der Waals surface area (Å²) < 4.78 is 5.65. The zero-order valence-electron chi connectivity index (χ0n) is 12.0. The molecule has 1 aliphatic heterocycles. The van der Waals surface area contributed by atoms with Gasteiger partial charge in [0.15, 0.2) is 0 Å². The van der Waals surface area contributed by atoms with E-state index in [1.54, 1.807) is 0 Å². The highest BCUT2D eigenvalue weighted by molar-refractivity contribution is 5.23. The molecule has 3 heteroatoms. The van der Waals surface area contributed by atoms with E-state index in [1.165, 1.54) is 36.8 Å². The lowest BCUT2D eigenvalue weighted by atomic mass is 10.1. The smallest absolute Gasteiger partial charge is 0.0576 e. The molecule has 1 saturated heterocycles. The van der Waals surface area contributed by atoms with Gasteiger partial charge in [-0.2, -0.15) is 0 Å². The van der Waals surface area contributed by atoms with Crippen molar-refractivity contribution in [1.82, 2.24) is 4.90 Å². The molecule has 0 saturated carbocycles. The number of rotatable bonds is 7. The molecular weight excluding hydrogens is 236 g/mol. The lowest BCUT2D eigenvalue weighted by Gasteiger charge is -2.18. The second kappa shape index (κ2) is 7.63. The predicted molar refractivity (Wildman–Crippen MR) is 78.9 cm³/mol. The molecule has 1 heterocycles. The van der Waals surface area contributed by atoms with E-state index in [0.717, 1.165) is 19.7 Å². The highest BCUT2D eigenvalue weighted by Crippen LogP contribution is 2.17. The van der Waals surface area contributed by atoms with Crippen molar-refractivity contribution in [2.45, 2.75) is 44.9 Å². The van der Waals surface area contributed by atoms with Crippen LogP contribution in [0.15, 0.2) is 24.3 Å². The van der Waals surface area contributed by atoms with Gasteiger partial charge in [0.1, 0.15) is 0 Å². The maximum atomic E-state index is 5.67. The fourth-order valence-corrected chi connectivity index (χ4v) is 2.71. The van der Waals surface area contributed by atoms with E-state index >= 15 is 0 Å². The molecule has 1 aromatic carbocycles. The third kappa shape index (κ3) is 4.94. The average Bonchev–Trinajstić information content (AvgIpc) is 2.92. The molecule has 0 bridgehead atoms. The van der Waals surface area contributed by atoms with E-state index < -0.39 is 0 Å². The van der Waals surface area contributed by atoms with Crippen LogP contribution in [0.5, 0.6) is 0 Å². The first-order valence-corrected chi connectivity index (χ1v) is 7.36. The summed E-state index contributed by atoms with van der Waals surface area (Å²) in [6.07, 6.45) is 5.44. The fourth-order valence-electron chi connectivity index (χ4n) is 2.71. The van der Waals surface area contributed by atoms with Crippen LogP contribution in [0.3, 0.4) is 0 Å². The van der Waals surface area contributed by atoms with Gasteiger partial charge in [-0.1, -0.05) is 24.3 Å². The Labute approximate surface area is 116 Å². The second-order valence-corrected chi connectivity index (χ2v) is 5.54. The van der Waals surface area contributed by atoms with E-state index in [0.29, 0.717) is 12.6 Å². The summed E-state index contributed by atoms with van der Waals surface area (Å²) in [5, 5.41) is 0. The standard InChI is InChI=1S/C16H26N2O/c1-18(9-3-7-16-8-4-10-19-16)13-15-6-2-5-14(11-15)12-17/h2,5-6,11,16H,3-4,7-10,12-13,17H2,1H3. The number of nitrogens with two attached hydrogens (primary N) is 1. The lowest BCUT2D eigenvalue weighted by Crippen LogP contribution is -2.20. The Morgan fingerprint density at radius 2 is 2.21 bits per heavy atom. The van der Waals surface area contributed by atoms with Crippen LogP contribution in [0.4, 0.5) is 0 Å². The number of ether oxygens (including phenoxy) is 1. The van der Waals surface area contributed by atoms with Crippen molar-refractivity contribution < 1.29 is 4.74 Å². The summed E-state index contributed by atoms with van der Waals surface area (Å²) in [4.78, 5) is 2.38. The molecule has 1 atom stereocenters. The van der Waals surface area contributed by atoms with Crippen LogP contribution in [0.2, 0.25) is 0 Å². The molecule has 1 aliphatic rings. The molecule has 1 unspecified atom stereocenters. The second-order valence-electron chi connectivity index (χ2n) is 5.54. The Hall–Kier alpha value is -0.900. The summed E-state index contributed by atoms with van der Waals surface area (Å²) >= 11 is 0. The lowest BCUT2D eigenvalue weighted by molar-refractivity contribution is 0.0995. The van der Waals surface area contributed by atoms with E-state index in [-0.39, 0.29) is 0 Å². The molecule has 2 rings (SSSR count). The van der Waals surface area contributed by atoms with Crippen molar-refractivity contribution in [3.05, 3.63) is 35.4 Å². The van der Waals surface area contributed by atoms with Crippen LogP contribution in [-0.2, 0) is 17.8 Å². The molecule has 0 aromatic heterocycles. The SMILES string of the molecule is CN(CCCC1CCCO1)Cc1cccc(CN)c1. The molecule has 19 heavy (non-hydrogen) atoms. The maximum absolute atomic E-state index is 5.67. The van der Waals surface area contributed by atoms with Gasteiger partial charge in [-0.05, 0) is 50.4 Å². The minimum Gasteiger partial charge on any atom is -0.378 e. The molecule has 1 fully saturated rings. The van der Waals surface area contributed by atoms with Crippen molar-refractivity contribution in [2.24, 2.45) is 5.73 Å². The first-order valence-electron chi connectivity index (χ1n) is 7.36. The average molecular weight is 262 g/mol. The Kier molecular flexibility index (Phi) is 5.83. The van der Waals surface area contributed by atoms with Crippen molar-refractivity contribution in [3.63, 3.8) is 0 Å². The summed E-state index contributed by atoms with van der Waals surface area (Å²) in [5.41, 5.74) is 8.23. The number of hydrogen-bond acceptors (Lipinski definition) is 3. The van der Waals surface area contributed by atoms with Crippen LogP contribution in [0.25, 0.3) is 0 Å². The Bertz CT molecular complexity index is 375. The van der Waals surface area contributed by atoms with Gasteiger partial charge in [0.2, 0.25) is 0 Å². The molecule has 0 spiro atoms. The molecule has 2 N–H and O–H groups in total. The molecular formula is C16H26N2O. The summed E-state index contributed by atoms with van der Waals surface area (Å²) in [6.45, 7) is 3.72. The number of benzene rings is 1. The summed E-state index contributed by atoms with van der Waals surface area (Å²) in [7, 11) is 2.19. The van der Waals surface area contributed by atoms with E-state index in [4.69, 9.17) is 10.5 Å². The van der Waals surface area contributed by atoms with Gasteiger partial charge in [0.25, 0.3) is 0 Å². The van der Waals surface area contributed by atoms with Crippen LogP contribution < -0.4 is 5.73 Å². The van der Waals surface area contributed by atoms with Gasteiger partial charge in [0, 0.05) is 19.7 Å². The quantitative estimate of drug-likeness (QED) is 0.820. The van der Waals surface area contributed by atoms with Crippen LogP contribution in [0, 0.1) is 0 Å². The largest absolute Gasteiger partial charge is 0.378 e. The van der Waals surface area contributed by atoms with Crippen molar-refractivity contribution >= 4 is 0 Å². The Morgan fingerprint density at radius 1 is 1.37 bits per heavy atom. The normalized spacial score (nSPS) is 19.2. The first-order chi connectivity index (χ1) is 9.28. The van der Waals surface area contributed by atoms with Gasteiger partial charge in [-0.25, -0.2) is 0 Å². The monoisotopic (exact) mass is 262 g/mol. The van der Waals surface area contributed by atoms with Crippen molar-refractivity contribution in [3.8, 4) is 0 Å². The van der Waals surface area contributed by atoms with E-state index in [1.807, 2.05) is 0 Å². The number of nitrogens with zero attached hydrogens (tertiary/aromatic N) is 1. The Morgan fingerprint density at radius 3 is 2.95 bits per heavy atom. The minimum absolute atomic E-state index is 0.522. The highest BCUT2D eigenvalue weighted by atomic mass is 16.5. The van der Waals surface area contributed by atoms with Gasteiger partial charge in [-0.3, -0.25) is 0 Å². The summed E-state index contributed by atoms with van der Waals surface area (Å²) in [5.74, 6) is 0. The molecule has 3 nitrogen and oxygen atoms in total. The fraction of sp³-hybridized carbons (Fsp3) is 0.625. The third-order valence-corrected chi connectivity index (χ3v) is 3.77. The summed E-state index contributed by atoms with van der Waals surface area (Å²) in [6, 6.07) is 8.56. The van der Waals surface area contributed by atoms with Crippen molar-refractivity contribution in [2.75, 3.05) is 20.2 Å². The van der Waals surface area contributed by atoms with Crippen molar-refractivity contribution in [1.29, 1.82) is 0 Å². The molecule has 0 radical (unpaired) electrons. The van der Waals surface area contributed by atoms with Crippen LogP contribution in [0.1, 0.15) is 36.8 Å². The maximum Gasteiger partial charge on any atom is 0.0576 e. The molecule has 106 valence electrons. The van der Waals surface area contributed by atoms with Gasteiger partial charge < -0.3 is 15.4 Å². The van der Waals surface area contributed by atoms with Gasteiger partial charge in [-0.15, -0.1) is 0 Å². The van der Waals surface area contributed by atoms with Crippen LogP contribution >= 0.6 is 0 Å². The highest BCUT2D eigenvalue weighted by Gasteiger charge is 2.14. The van der Waals surface area contributed by atoms with E-state index in [9.17, 15) is 0 Å². The Balaban J connectivity index is 1.69. The van der Waals surface area contributed by atoms with E-state index in [2.05, 4.69) is 36.2 Å². The zero-order valence-corrected chi connectivity index (χ0v) is 12.0. The third-order valence-electron chi connectivity index (χ3n) is 3.77. The zero-order chi connectivity index (χ0) is 13.5. The van der Waals surface area contributed by atoms with Crippen LogP contribution in [-0.4, -0.2) is 31.2 Å². The predicted octanol–water partition coefficient (Wildman–Crippen LogP) is 2.54. The topological polar surface area (TPSA) is 38.5 Å². The van der Waals surface area contributed by atoms with Gasteiger partial charge in [0.05, 0.1) is 6.10 Å². The first kappa shape index (κ1) is 14.5. The minimum atomic E-state index is 0.522. The molecule has 0 amide bonds. The van der Waals surface area contributed by atoms with Gasteiger partial charge >= 0.3 is 0 Å². The number of hydrogen-bond donors (Lipinski definition) is 1. The molecule has 1 aromatic rings.